The maximum absolute atomic E-state index is 12.4. The van der Waals surface area contributed by atoms with E-state index in [4.69, 9.17) is 0 Å². The molecule has 0 bridgehead atoms. The Labute approximate surface area is 161 Å². The van der Waals surface area contributed by atoms with Gasteiger partial charge in [-0.1, -0.05) is 51.5 Å². The predicted molar refractivity (Wildman–Crippen MR) is 102 cm³/mol. The number of non-ortho nitro benzene ring substituents is 1. The monoisotopic (exact) mass is 432 g/mol. The molecule has 0 fully saturated rings. The van der Waals surface area contributed by atoms with Gasteiger partial charge in [0.25, 0.3) is 5.69 Å². The van der Waals surface area contributed by atoms with Crippen molar-refractivity contribution in [1.29, 1.82) is 0 Å². The number of thioether (sulfide) groups is 1. The van der Waals surface area contributed by atoms with Crippen molar-refractivity contribution in [3.05, 3.63) is 68.2 Å². The first-order chi connectivity index (χ1) is 12.4. The lowest BCUT2D eigenvalue weighted by atomic mass is 10.1. The molecule has 0 amide bonds. The van der Waals surface area contributed by atoms with Crippen LogP contribution < -0.4 is 0 Å². The Hall–Kier alpha value is -2.52. The third-order valence-electron chi connectivity index (χ3n) is 3.55. The smallest absolute Gasteiger partial charge is 0.270 e. The number of carbonyl (C=O) groups is 1. The van der Waals surface area contributed by atoms with Gasteiger partial charge in [-0.3, -0.25) is 20.0 Å². The SMILES string of the molecule is Cc1cccc(-c2nc(SCC(=O)c3cc([N+](=O)[O-])ccc3Br)n[nH]2)c1. The minimum Gasteiger partial charge on any atom is -0.293 e. The fourth-order valence-corrected chi connectivity index (χ4v) is 3.43. The highest BCUT2D eigenvalue weighted by molar-refractivity contribution is 9.10. The molecule has 0 aliphatic heterocycles. The fourth-order valence-electron chi connectivity index (χ4n) is 2.28. The molecule has 0 spiro atoms. The molecule has 0 saturated carbocycles. The van der Waals surface area contributed by atoms with E-state index in [1.54, 1.807) is 0 Å². The average molecular weight is 433 g/mol. The van der Waals surface area contributed by atoms with Gasteiger partial charge < -0.3 is 0 Å². The lowest BCUT2D eigenvalue weighted by Crippen LogP contribution is -2.04. The quantitative estimate of drug-likeness (QED) is 0.267. The van der Waals surface area contributed by atoms with Crippen LogP contribution in [0.5, 0.6) is 0 Å². The Morgan fingerprint density at radius 2 is 2.12 bits per heavy atom. The number of aromatic nitrogens is 3. The summed E-state index contributed by atoms with van der Waals surface area (Å²) in [6.45, 7) is 1.99. The molecular weight excluding hydrogens is 420 g/mol. The summed E-state index contributed by atoms with van der Waals surface area (Å²) in [4.78, 5) is 27.1. The van der Waals surface area contributed by atoms with E-state index < -0.39 is 4.92 Å². The van der Waals surface area contributed by atoms with E-state index in [0.717, 1.165) is 11.1 Å². The number of aryl methyl sites for hydroxylation is 1. The Morgan fingerprint density at radius 1 is 1.31 bits per heavy atom. The van der Waals surface area contributed by atoms with Gasteiger partial charge in [0.1, 0.15) is 0 Å². The van der Waals surface area contributed by atoms with Crippen LogP contribution in [0.3, 0.4) is 0 Å². The first kappa shape index (κ1) is 18.3. The van der Waals surface area contributed by atoms with Crippen molar-refractivity contribution in [2.45, 2.75) is 12.1 Å². The summed E-state index contributed by atoms with van der Waals surface area (Å²) < 4.78 is 0.518. The van der Waals surface area contributed by atoms with E-state index in [9.17, 15) is 14.9 Å². The van der Waals surface area contributed by atoms with Gasteiger partial charge in [-0.2, -0.15) is 0 Å². The first-order valence-electron chi connectivity index (χ1n) is 7.53. The third kappa shape index (κ3) is 4.17. The zero-order valence-electron chi connectivity index (χ0n) is 13.6. The van der Waals surface area contributed by atoms with Gasteiger partial charge in [-0.25, -0.2) is 4.98 Å². The number of halogens is 1. The number of rotatable bonds is 6. The third-order valence-corrected chi connectivity index (χ3v) is 5.09. The molecule has 26 heavy (non-hydrogen) atoms. The van der Waals surface area contributed by atoms with E-state index in [1.807, 2.05) is 31.2 Å². The predicted octanol–water partition coefficient (Wildman–Crippen LogP) is 4.43. The highest BCUT2D eigenvalue weighted by atomic mass is 79.9. The highest BCUT2D eigenvalue weighted by Crippen LogP contribution is 2.26. The molecule has 3 aromatic rings. The number of nitro benzene ring substituents is 1. The van der Waals surface area contributed by atoms with Crippen molar-refractivity contribution >= 4 is 39.2 Å². The second-order valence-electron chi connectivity index (χ2n) is 5.47. The second-order valence-corrected chi connectivity index (χ2v) is 7.27. The highest BCUT2D eigenvalue weighted by Gasteiger charge is 2.17. The molecule has 0 unspecified atom stereocenters. The van der Waals surface area contributed by atoms with Crippen LogP contribution in [-0.2, 0) is 0 Å². The number of Topliss-reactive ketones (excluding diaryl/α,β-unsaturated/α-hetero) is 1. The van der Waals surface area contributed by atoms with Crippen LogP contribution >= 0.6 is 27.7 Å². The molecular formula is C17H13BrN4O3S. The van der Waals surface area contributed by atoms with Crippen LogP contribution in [0.2, 0.25) is 0 Å². The number of nitro groups is 1. The molecule has 1 N–H and O–H groups in total. The lowest BCUT2D eigenvalue weighted by Gasteiger charge is -2.02. The molecule has 2 aromatic carbocycles. The van der Waals surface area contributed by atoms with E-state index in [1.165, 1.54) is 30.0 Å². The zero-order valence-corrected chi connectivity index (χ0v) is 16.0. The Morgan fingerprint density at radius 3 is 2.85 bits per heavy atom. The van der Waals surface area contributed by atoms with Gasteiger partial charge in [0.2, 0.25) is 5.16 Å². The van der Waals surface area contributed by atoms with E-state index >= 15 is 0 Å². The average Bonchev–Trinajstić information content (AvgIpc) is 3.09. The standard InChI is InChI=1S/C17H13BrN4O3S/c1-10-3-2-4-11(7-10)16-19-17(21-20-16)26-9-15(23)13-8-12(22(24)25)5-6-14(13)18/h2-8H,9H2,1H3,(H,19,20,21). The van der Waals surface area contributed by atoms with E-state index in [0.29, 0.717) is 15.5 Å². The summed E-state index contributed by atoms with van der Waals surface area (Å²) in [5.41, 5.74) is 2.17. The number of nitrogens with zero attached hydrogens (tertiary/aromatic N) is 3. The minimum atomic E-state index is -0.528. The fraction of sp³-hybridized carbons (Fsp3) is 0.118. The number of H-pyrrole nitrogens is 1. The maximum atomic E-state index is 12.4. The Bertz CT molecular complexity index is 990. The summed E-state index contributed by atoms with van der Waals surface area (Å²) in [7, 11) is 0. The first-order valence-corrected chi connectivity index (χ1v) is 9.31. The van der Waals surface area contributed by atoms with Crippen LogP contribution in [0.15, 0.2) is 52.1 Å². The van der Waals surface area contributed by atoms with Crippen LogP contribution in [0.1, 0.15) is 15.9 Å². The topological polar surface area (TPSA) is 102 Å². The van der Waals surface area contributed by atoms with Crippen LogP contribution in [0, 0.1) is 17.0 Å². The Kier molecular flexibility index (Phi) is 5.48. The van der Waals surface area contributed by atoms with E-state index in [-0.39, 0.29) is 22.8 Å². The van der Waals surface area contributed by atoms with E-state index in [2.05, 4.69) is 31.1 Å². The molecule has 0 radical (unpaired) electrons. The molecule has 0 saturated heterocycles. The molecule has 132 valence electrons. The number of carbonyl (C=O) groups excluding carboxylic acids is 1. The van der Waals surface area contributed by atoms with Gasteiger partial charge in [0.05, 0.1) is 10.7 Å². The van der Waals surface area contributed by atoms with Crippen molar-refractivity contribution in [2.75, 3.05) is 5.75 Å². The summed E-state index contributed by atoms with van der Waals surface area (Å²) in [6.07, 6.45) is 0. The summed E-state index contributed by atoms with van der Waals surface area (Å²) in [5.74, 6) is 0.456. The van der Waals surface area contributed by atoms with Crippen molar-refractivity contribution in [2.24, 2.45) is 0 Å². The van der Waals surface area contributed by atoms with Gasteiger partial charge in [-0.15, -0.1) is 5.10 Å². The van der Waals surface area contributed by atoms with Crippen LogP contribution in [0.4, 0.5) is 5.69 Å². The summed E-state index contributed by atoms with van der Waals surface area (Å²) in [6, 6.07) is 11.9. The number of benzene rings is 2. The number of ketones is 1. The number of hydrogen-bond donors (Lipinski definition) is 1. The van der Waals surface area contributed by atoms with Gasteiger partial charge >= 0.3 is 0 Å². The van der Waals surface area contributed by atoms with Crippen LogP contribution in [0.25, 0.3) is 11.4 Å². The Balaban J connectivity index is 1.71. The van der Waals surface area contributed by atoms with Crippen molar-refractivity contribution in [1.82, 2.24) is 15.2 Å². The van der Waals surface area contributed by atoms with Gasteiger partial charge in [-0.05, 0) is 19.1 Å². The second kappa shape index (κ2) is 7.79. The minimum absolute atomic E-state index is 0.0743. The molecule has 0 aliphatic rings. The summed E-state index contributed by atoms with van der Waals surface area (Å²) in [5, 5.41) is 18.3. The molecule has 7 nitrogen and oxygen atoms in total. The molecule has 9 heteroatoms. The van der Waals surface area contributed by atoms with Crippen molar-refractivity contribution in [3.8, 4) is 11.4 Å². The molecule has 1 aromatic heterocycles. The van der Waals surface area contributed by atoms with Gasteiger partial charge in [0.15, 0.2) is 11.6 Å². The van der Waals surface area contributed by atoms with Crippen LogP contribution in [-0.4, -0.2) is 31.6 Å². The number of aromatic amines is 1. The summed E-state index contributed by atoms with van der Waals surface area (Å²) >= 11 is 4.43. The van der Waals surface area contributed by atoms with Gasteiger partial charge in [0, 0.05) is 27.7 Å². The molecule has 0 aliphatic carbocycles. The maximum Gasteiger partial charge on any atom is 0.270 e. The molecule has 3 rings (SSSR count). The van der Waals surface area contributed by atoms with Crippen molar-refractivity contribution in [3.63, 3.8) is 0 Å². The largest absolute Gasteiger partial charge is 0.293 e. The normalized spacial score (nSPS) is 10.7. The lowest BCUT2D eigenvalue weighted by molar-refractivity contribution is -0.384. The number of hydrogen-bond acceptors (Lipinski definition) is 6. The number of nitrogens with one attached hydrogen (secondary N) is 1. The molecule has 1 heterocycles. The molecule has 0 atom stereocenters. The van der Waals surface area contributed by atoms with Crippen molar-refractivity contribution < 1.29 is 9.72 Å². The zero-order chi connectivity index (χ0) is 18.7.